The molecule has 2 N–H and O–H groups in total. The van der Waals surface area contributed by atoms with Crippen LogP contribution in [0.15, 0.2) is 33.6 Å². The molecule has 0 bridgehead atoms. The molecule has 0 aromatic heterocycles. The molecule has 0 aliphatic carbocycles. The molecule has 2 rings (SSSR count). The fraction of sp³-hybridized carbons (Fsp3) is 0.400. The highest BCUT2D eigenvalue weighted by atomic mass is 79.9. The van der Waals surface area contributed by atoms with Gasteiger partial charge in [-0.25, -0.2) is 4.79 Å². The van der Waals surface area contributed by atoms with Gasteiger partial charge in [0.1, 0.15) is 6.04 Å². The summed E-state index contributed by atoms with van der Waals surface area (Å²) in [4.78, 5) is 35.3. The van der Waals surface area contributed by atoms with Crippen LogP contribution in [0.2, 0.25) is 0 Å². The molecule has 1 aromatic rings. The number of carbonyl (C=O) groups excluding carboxylic acids is 3. The molecule has 1 aliphatic heterocycles. The minimum Gasteiger partial charge on any atom is -0.454 e. The molecule has 0 radical (unpaired) electrons. The summed E-state index contributed by atoms with van der Waals surface area (Å²) in [7, 11) is 0. The van der Waals surface area contributed by atoms with E-state index in [9.17, 15) is 14.4 Å². The highest BCUT2D eigenvalue weighted by Crippen LogP contribution is 2.19. The minimum absolute atomic E-state index is 0.165. The SMILES string of the molecule is O=C(COC(=O)[C@@H]1CCC(=O)N1)NCCSc1ccc(Br)cc1. The van der Waals surface area contributed by atoms with Crippen molar-refractivity contribution in [2.24, 2.45) is 0 Å². The van der Waals surface area contributed by atoms with E-state index in [0.717, 1.165) is 15.1 Å². The Morgan fingerprint density at radius 1 is 1.35 bits per heavy atom. The quantitative estimate of drug-likeness (QED) is 0.411. The second kappa shape index (κ2) is 8.93. The van der Waals surface area contributed by atoms with Crippen LogP contribution in [0.3, 0.4) is 0 Å². The standard InChI is InChI=1S/C15H17BrN2O4S/c16-10-1-3-11(4-2-10)23-8-7-17-14(20)9-22-15(21)12-5-6-13(19)18-12/h1-4,12H,5-9H2,(H,17,20)(H,18,19)/t12-/m0/s1. The lowest BCUT2D eigenvalue weighted by molar-refractivity contribution is -0.150. The molecule has 2 amide bonds. The number of benzene rings is 1. The molecule has 124 valence electrons. The predicted molar refractivity (Wildman–Crippen MR) is 90.0 cm³/mol. The Morgan fingerprint density at radius 3 is 2.74 bits per heavy atom. The molecule has 0 unspecified atom stereocenters. The van der Waals surface area contributed by atoms with Gasteiger partial charge in [0, 0.05) is 28.1 Å². The normalized spacial score (nSPS) is 16.7. The molecule has 8 heteroatoms. The number of ether oxygens (including phenoxy) is 1. The molecule has 1 saturated heterocycles. The molecule has 0 spiro atoms. The second-order valence-corrected chi connectivity index (χ2v) is 7.00. The van der Waals surface area contributed by atoms with Gasteiger partial charge in [0.25, 0.3) is 5.91 Å². The molecule has 6 nitrogen and oxygen atoms in total. The lowest BCUT2D eigenvalue weighted by Crippen LogP contribution is -2.37. The van der Waals surface area contributed by atoms with Crippen molar-refractivity contribution in [1.82, 2.24) is 10.6 Å². The topological polar surface area (TPSA) is 84.5 Å². The van der Waals surface area contributed by atoms with E-state index in [-0.39, 0.29) is 18.4 Å². The maximum Gasteiger partial charge on any atom is 0.329 e. The molecule has 23 heavy (non-hydrogen) atoms. The first-order valence-electron chi connectivity index (χ1n) is 7.15. The lowest BCUT2D eigenvalue weighted by atomic mass is 10.2. The van der Waals surface area contributed by atoms with Crippen LogP contribution in [-0.4, -0.2) is 42.7 Å². The van der Waals surface area contributed by atoms with Crippen molar-refractivity contribution in [3.05, 3.63) is 28.7 Å². The largest absolute Gasteiger partial charge is 0.454 e. The van der Waals surface area contributed by atoms with Crippen molar-refractivity contribution >= 4 is 45.5 Å². The van der Waals surface area contributed by atoms with E-state index in [0.29, 0.717) is 19.4 Å². The number of esters is 1. The van der Waals surface area contributed by atoms with Crippen molar-refractivity contribution < 1.29 is 19.1 Å². The van der Waals surface area contributed by atoms with Crippen molar-refractivity contribution in [3.8, 4) is 0 Å². The summed E-state index contributed by atoms with van der Waals surface area (Å²) in [5, 5.41) is 5.19. The van der Waals surface area contributed by atoms with Crippen molar-refractivity contribution in [1.29, 1.82) is 0 Å². The summed E-state index contributed by atoms with van der Waals surface area (Å²) in [6.45, 7) is 0.158. The van der Waals surface area contributed by atoms with E-state index in [1.165, 1.54) is 0 Å². The van der Waals surface area contributed by atoms with Crippen molar-refractivity contribution in [2.45, 2.75) is 23.8 Å². The maximum atomic E-state index is 11.6. The first kappa shape index (κ1) is 17.8. The van der Waals surface area contributed by atoms with Crippen molar-refractivity contribution in [3.63, 3.8) is 0 Å². The van der Waals surface area contributed by atoms with Crippen LogP contribution in [0.4, 0.5) is 0 Å². The Kier molecular flexibility index (Phi) is 6.91. The van der Waals surface area contributed by atoms with Crippen LogP contribution < -0.4 is 10.6 Å². The summed E-state index contributed by atoms with van der Waals surface area (Å²) in [6.07, 6.45) is 0.738. The van der Waals surface area contributed by atoms with Crippen LogP contribution in [0.1, 0.15) is 12.8 Å². The third-order valence-corrected chi connectivity index (χ3v) is 4.67. The van der Waals surface area contributed by atoms with E-state index in [1.807, 2.05) is 24.3 Å². The number of hydrogen-bond donors (Lipinski definition) is 2. The van der Waals surface area contributed by atoms with E-state index in [2.05, 4.69) is 26.6 Å². The van der Waals surface area contributed by atoms with Crippen LogP contribution in [-0.2, 0) is 19.1 Å². The summed E-state index contributed by atoms with van der Waals surface area (Å²) < 4.78 is 5.91. The molecule has 1 aromatic carbocycles. The Bertz CT molecular complexity index is 579. The number of rotatable bonds is 7. The van der Waals surface area contributed by atoms with E-state index < -0.39 is 12.0 Å². The molecule has 1 fully saturated rings. The van der Waals surface area contributed by atoms with E-state index in [4.69, 9.17) is 4.74 Å². The van der Waals surface area contributed by atoms with Gasteiger partial charge in [-0.05, 0) is 30.7 Å². The Balaban J connectivity index is 1.57. The zero-order chi connectivity index (χ0) is 16.7. The number of hydrogen-bond acceptors (Lipinski definition) is 5. The molecule has 1 atom stereocenters. The van der Waals surface area contributed by atoms with Gasteiger partial charge in [-0.3, -0.25) is 9.59 Å². The summed E-state index contributed by atoms with van der Waals surface area (Å²) in [6, 6.07) is 7.29. The Hall–Kier alpha value is -1.54. The third kappa shape index (κ3) is 6.23. The summed E-state index contributed by atoms with van der Waals surface area (Å²) >= 11 is 5.00. The first-order valence-corrected chi connectivity index (χ1v) is 8.93. The molecule has 0 saturated carbocycles. The minimum atomic E-state index is -0.622. The number of amides is 2. The third-order valence-electron chi connectivity index (χ3n) is 3.13. The van der Waals surface area contributed by atoms with Gasteiger partial charge in [0.05, 0.1) is 0 Å². The number of nitrogens with one attached hydrogen (secondary N) is 2. The lowest BCUT2D eigenvalue weighted by Gasteiger charge is -2.10. The van der Waals surface area contributed by atoms with Gasteiger partial charge in [-0.15, -0.1) is 11.8 Å². The molecule has 1 aliphatic rings. The van der Waals surface area contributed by atoms with Gasteiger partial charge in [0.2, 0.25) is 5.91 Å². The fourth-order valence-corrected chi connectivity index (χ4v) is 3.00. The van der Waals surface area contributed by atoms with Crippen molar-refractivity contribution in [2.75, 3.05) is 18.9 Å². The second-order valence-electron chi connectivity index (χ2n) is 4.92. The summed E-state index contributed by atoms with van der Waals surface area (Å²) in [5.74, 6) is -0.351. The van der Waals surface area contributed by atoms with Crippen LogP contribution in [0.5, 0.6) is 0 Å². The highest BCUT2D eigenvalue weighted by Gasteiger charge is 2.28. The van der Waals surface area contributed by atoms with E-state index >= 15 is 0 Å². The number of halogens is 1. The van der Waals surface area contributed by atoms with Crippen LogP contribution in [0.25, 0.3) is 0 Å². The average molecular weight is 401 g/mol. The average Bonchev–Trinajstić information content (AvgIpc) is 2.97. The number of thioether (sulfide) groups is 1. The molecule has 1 heterocycles. The smallest absolute Gasteiger partial charge is 0.329 e. The Labute approximate surface area is 146 Å². The zero-order valence-corrected chi connectivity index (χ0v) is 14.7. The monoisotopic (exact) mass is 400 g/mol. The van der Waals surface area contributed by atoms with Gasteiger partial charge < -0.3 is 15.4 Å². The van der Waals surface area contributed by atoms with Gasteiger partial charge in [-0.1, -0.05) is 15.9 Å². The molecular weight excluding hydrogens is 384 g/mol. The molecular formula is C15H17BrN2O4S. The van der Waals surface area contributed by atoms with Gasteiger partial charge >= 0.3 is 5.97 Å². The van der Waals surface area contributed by atoms with Gasteiger partial charge in [0.15, 0.2) is 6.61 Å². The Morgan fingerprint density at radius 2 is 2.09 bits per heavy atom. The van der Waals surface area contributed by atoms with Crippen LogP contribution >= 0.6 is 27.7 Å². The predicted octanol–water partition coefficient (Wildman–Crippen LogP) is 1.48. The zero-order valence-electron chi connectivity index (χ0n) is 12.3. The highest BCUT2D eigenvalue weighted by molar-refractivity contribution is 9.10. The maximum absolute atomic E-state index is 11.6. The van der Waals surface area contributed by atoms with Crippen LogP contribution in [0, 0.1) is 0 Å². The summed E-state index contributed by atoms with van der Waals surface area (Å²) in [5.41, 5.74) is 0. The van der Waals surface area contributed by atoms with E-state index in [1.54, 1.807) is 11.8 Å². The first-order chi connectivity index (χ1) is 11.0. The fourth-order valence-electron chi connectivity index (χ4n) is 1.97. The number of carbonyl (C=O) groups is 3. The van der Waals surface area contributed by atoms with Gasteiger partial charge in [-0.2, -0.15) is 0 Å².